The van der Waals surface area contributed by atoms with Gasteiger partial charge < -0.3 is 23.7 Å². The number of hydrogen-bond acceptors (Lipinski definition) is 10. The molecule has 0 heterocycles. The van der Waals surface area contributed by atoms with Gasteiger partial charge in [-0.15, -0.1) is 0 Å². The molecule has 5 atom stereocenters. The fourth-order valence-corrected chi connectivity index (χ4v) is 3.21. The molecule has 10 heteroatoms. The molecule has 1 saturated carbocycles. The Bertz CT molecular complexity index is 613. The van der Waals surface area contributed by atoms with Gasteiger partial charge in [-0.05, 0) is 12.8 Å². The summed E-state index contributed by atoms with van der Waals surface area (Å²) in [5.74, 6) is -3.59. The number of carbonyl (C=O) groups is 5. The Balaban J connectivity index is 3.24. The molecule has 0 aliphatic heterocycles. The van der Waals surface area contributed by atoms with Crippen molar-refractivity contribution in [1.29, 1.82) is 0 Å². The topological polar surface area (TPSA) is 132 Å². The third kappa shape index (κ3) is 7.53. The monoisotopic (exact) mass is 402 g/mol. The maximum atomic E-state index is 11.6. The number of rotatable bonds is 7. The zero-order valence-electron chi connectivity index (χ0n) is 16.6. The van der Waals surface area contributed by atoms with Crippen molar-refractivity contribution in [2.24, 2.45) is 5.92 Å². The average molecular weight is 402 g/mol. The fourth-order valence-electron chi connectivity index (χ4n) is 3.21. The van der Waals surface area contributed by atoms with Gasteiger partial charge in [0, 0.05) is 40.5 Å². The van der Waals surface area contributed by atoms with Gasteiger partial charge in [0.1, 0.15) is 12.2 Å². The van der Waals surface area contributed by atoms with E-state index in [0.29, 0.717) is 0 Å². The van der Waals surface area contributed by atoms with E-state index in [1.807, 2.05) is 0 Å². The predicted molar refractivity (Wildman–Crippen MR) is 91.6 cm³/mol. The second-order valence-electron chi connectivity index (χ2n) is 6.49. The smallest absolute Gasteiger partial charge is 0.303 e. The van der Waals surface area contributed by atoms with Crippen LogP contribution < -0.4 is 0 Å². The molecular formula is C18H26O10. The van der Waals surface area contributed by atoms with Gasteiger partial charge in [0.2, 0.25) is 0 Å². The van der Waals surface area contributed by atoms with E-state index in [-0.39, 0.29) is 19.4 Å². The van der Waals surface area contributed by atoms with Crippen LogP contribution in [0.4, 0.5) is 0 Å². The number of carbonyl (C=O) groups excluding carboxylic acids is 5. The molecule has 0 radical (unpaired) electrons. The molecule has 0 N–H and O–H groups in total. The molecule has 0 aromatic carbocycles. The first-order valence-corrected chi connectivity index (χ1v) is 8.83. The molecule has 28 heavy (non-hydrogen) atoms. The van der Waals surface area contributed by atoms with Gasteiger partial charge in [0.25, 0.3) is 0 Å². The number of esters is 5. The fraction of sp³-hybridized carbons (Fsp3) is 0.722. The van der Waals surface area contributed by atoms with Crippen molar-refractivity contribution in [3.05, 3.63) is 0 Å². The van der Waals surface area contributed by atoms with E-state index < -0.39 is 60.2 Å². The Morgan fingerprint density at radius 3 is 1.57 bits per heavy atom. The molecule has 0 aromatic rings. The van der Waals surface area contributed by atoms with E-state index in [0.717, 1.165) is 13.8 Å². The van der Waals surface area contributed by atoms with Crippen LogP contribution in [0.5, 0.6) is 0 Å². The standard InChI is InChI=1S/C18H26O10/c1-9(19)24-7-6-14-8-15(25-10(2)20)17(27-12(4)22)18(28-13(5)23)16(14)26-11(3)21/h14-18H,6-8H2,1-5H3/t14-,15+,16-,17-,18+/m1/s1. The van der Waals surface area contributed by atoms with Crippen LogP contribution in [0.2, 0.25) is 0 Å². The van der Waals surface area contributed by atoms with Crippen LogP contribution in [0, 0.1) is 5.92 Å². The molecule has 10 nitrogen and oxygen atoms in total. The Hall–Kier alpha value is -2.65. The van der Waals surface area contributed by atoms with Crippen molar-refractivity contribution in [1.82, 2.24) is 0 Å². The van der Waals surface area contributed by atoms with Gasteiger partial charge in [-0.3, -0.25) is 24.0 Å². The van der Waals surface area contributed by atoms with Crippen molar-refractivity contribution in [2.75, 3.05) is 6.61 Å². The summed E-state index contributed by atoms with van der Waals surface area (Å²) in [6, 6.07) is 0. The zero-order chi connectivity index (χ0) is 21.4. The van der Waals surface area contributed by atoms with E-state index in [2.05, 4.69) is 0 Å². The van der Waals surface area contributed by atoms with E-state index in [4.69, 9.17) is 23.7 Å². The molecular weight excluding hydrogens is 376 g/mol. The summed E-state index contributed by atoms with van der Waals surface area (Å²) in [4.78, 5) is 57.4. The minimum absolute atomic E-state index is 0.0234. The van der Waals surface area contributed by atoms with Crippen molar-refractivity contribution in [3.8, 4) is 0 Å². The minimum Gasteiger partial charge on any atom is -0.466 e. The van der Waals surface area contributed by atoms with Crippen LogP contribution >= 0.6 is 0 Å². The van der Waals surface area contributed by atoms with Crippen molar-refractivity contribution < 1.29 is 47.7 Å². The minimum atomic E-state index is -1.19. The third-order valence-corrected chi connectivity index (χ3v) is 4.03. The summed E-state index contributed by atoms with van der Waals surface area (Å²) in [6.45, 7) is 5.97. The van der Waals surface area contributed by atoms with Crippen LogP contribution in [0.25, 0.3) is 0 Å². The largest absolute Gasteiger partial charge is 0.466 e. The van der Waals surface area contributed by atoms with Crippen LogP contribution in [0.3, 0.4) is 0 Å². The van der Waals surface area contributed by atoms with Gasteiger partial charge in [-0.1, -0.05) is 0 Å². The van der Waals surface area contributed by atoms with Crippen molar-refractivity contribution in [2.45, 2.75) is 71.9 Å². The lowest BCUT2D eigenvalue weighted by Gasteiger charge is -2.44. The molecule has 0 saturated heterocycles. The first kappa shape index (κ1) is 23.4. The maximum Gasteiger partial charge on any atom is 0.303 e. The quantitative estimate of drug-likeness (QED) is 0.442. The van der Waals surface area contributed by atoms with Gasteiger partial charge >= 0.3 is 29.8 Å². The molecule has 0 unspecified atom stereocenters. The maximum absolute atomic E-state index is 11.6. The average Bonchev–Trinajstić information content (AvgIpc) is 2.51. The van der Waals surface area contributed by atoms with Crippen LogP contribution in [-0.2, 0) is 47.7 Å². The van der Waals surface area contributed by atoms with Gasteiger partial charge in [-0.2, -0.15) is 0 Å². The molecule has 1 fully saturated rings. The number of ether oxygens (including phenoxy) is 5. The van der Waals surface area contributed by atoms with E-state index >= 15 is 0 Å². The van der Waals surface area contributed by atoms with Gasteiger partial charge in [0.15, 0.2) is 12.2 Å². The second kappa shape index (κ2) is 10.6. The van der Waals surface area contributed by atoms with E-state index in [1.54, 1.807) is 0 Å². The highest BCUT2D eigenvalue weighted by Gasteiger charge is 2.51. The highest BCUT2D eigenvalue weighted by molar-refractivity contribution is 5.69. The van der Waals surface area contributed by atoms with Gasteiger partial charge in [0.05, 0.1) is 6.61 Å². The van der Waals surface area contributed by atoms with Crippen LogP contribution in [-0.4, -0.2) is 60.9 Å². The summed E-state index contributed by atoms with van der Waals surface area (Å²) >= 11 is 0. The van der Waals surface area contributed by atoms with E-state index in [9.17, 15) is 24.0 Å². The Morgan fingerprint density at radius 2 is 1.11 bits per heavy atom. The summed E-state index contributed by atoms with van der Waals surface area (Å²) < 4.78 is 26.1. The summed E-state index contributed by atoms with van der Waals surface area (Å²) in [5.41, 5.74) is 0. The lowest BCUT2D eigenvalue weighted by molar-refractivity contribution is -0.219. The summed E-state index contributed by atoms with van der Waals surface area (Å²) in [6.07, 6.45) is -3.85. The molecule has 1 aliphatic rings. The summed E-state index contributed by atoms with van der Waals surface area (Å²) in [5, 5.41) is 0. The SMILES string of the molecule is CC(=O)OCC[C@@H]1C[C@H](OC(C)=O)[C@@H](OC(C)=O)[C@@H](OC(C)=O)[C@@H]1OC(C)=O. The molecule has 158 valence electrons. The Kier molecular flexibility index (Phi) is 8.87. The first-order chi connectivity index (χ1) is 13.0. The van der Waals surface area contributed by atoms with Crippen LogP contribution in [0.1, 0.15) is 47.5 Å². The second-order valence-corrected chi connectivity index (χ2v) is 6.49. The lowest BCUT2D eigenvalue weighted by atomic mass is 9.78. The number of hydrogen-bond donors (Lipinski definition) is 0. The Labute approximate surface area is 162 Å². The zero-order valence-corrected chi connectivity index (χ0v) is 16.6. The molecule has 1 rings (SSSR count). The normalized spacial score (nSPS) is 26.5. The van der Waals surface area contributed by atoms with Gasteiger partial charge in [-0.25, -0.2) is 0 Å². The molecule has 0 aromatic heterocycles. The van der Waals surface area contributed by atoms with Crippen molar-refractivity contribution >= 4 is 29.8 Å². The molecule has 1 aliphatic carbocycles. The van der Waals surface area contributed by atoms with E-state index in [1.165, 1.54) is 20.8 Å². The first-order valence-electron chi connectivity index (χ1n) is 8.83. The summed E-state index contributed by atoms with van der Waals surface area (Å²) in [7, 11) is 0. The molecule has 0 spiro atoms. The highest BCUT2D eigenvalue weighted by atomic mass is 16.6. The highest BCUT2D eigenvalue weighted by Crippen LogP contribution is 2.36. The third-order valence-electron chi connectivity index (χ3n) is 4.03. The molecule has 0 bridgehead atoms. The lowest BCUT2D eigenvalue weighted by Crippen LogP contribution is -2.59. The van der Waals surface area contributed by atoms with Crippen molar-refractivity contribution in [3.63, 3.8) is 0 Å². The molecule has 0 amide bonds. The predicted octanol–water partition coefficient (Wildman–Crippen LogP) is 0.686. The Morgan fingerprint density at radius 1 is 0.643 bits per heavy atom. The van der Waals surface area contributed by atoms with Crippen LogP contribution in [0.15, 0.2) is 0 Å².